The van der Waals surface area contributed by atoms with Gasteiger partial charge in [0.05, 0.1) is 19.4 Å². The van der Waals surface area contributed by atoms with Crippen LogP contribution in [0.3, 0.4) is 0 Å². The Hall–Kier alpha value is -1.50. The minimum absolute atomic E-state index is 0.317. The van der Waals surface area contributed by atoms with Gasteiger partial charge in [-0.25, -0.2) is 4.85 Å². The fraction of sp³-hybridized carbons (Fsp3) is 0.667. The molecular formula is C12H19NO3. The third kappa shape index (κ3) is 6.88. The van der Waals surface area contributed by atoms with Gasteiger partial charge in [0.15, 0.2) is 0 Å². The summed E-state index contributed by atoms with van der Waals surface area (Å²) in [5, 5.41) is 8.52. The van der Waals surface area contributed by atoms with E-state index in [1.165, 1.54) is 19.3 Å². The van der Waals surface area contributed by atoms with Crippen molar-refractivity contribution in [3.05, 3.63) is 23.4 Å². The zero-order chi connectivity index (χ0) is 12.2. The highest BCUT2D eigenvalue weighted by atomic mass is 16.5. The van der Waals surface area contributed by atoms with Crippen LogP contribution in [0.15, 0.2) is 12.0 Å². The van der Waals surface area contributed by atoms with E-state index in [4.69, 9.17) is 16.4 Å². The standard InChI is InChI=1S/C12H19NO3/c1-3-4-5-6-7-8-9-16-12(15)11(10-14)13-2/h10,14H,3-9H2,1H3/b11-10+. The maximum Gasteiger partial charge on any atom is 0.339 e. The predicted octanol–water partition coefficient (Wildman–Crippen LogP) is 3.21. The van der Waals surface area contributed by atoms with Crippen LogP contribution < -0.4 is 0 Å². The van der Waals surface area contributed by atoms with Crippen LogP contribution in [0.2, 0.25) is 0 Å². The average molecular weight is 225 g/mol. The molecule has 0 fully saturated rings. The average Bonchev–Trinajstić information content (AvgIpc) is 2.29. The maximum absolute atomic E-state index is 11.1. The van der Waals surface area contributed by atoms with Crippen molar-refractivity contribution in [2.24, 2.45) is 0 Å². The van der Waals surface area contributed by atoms with Crippen molar-refractivity contribution in [2.45, 2.75) is 45.4 Å². The Balaban J connectivity index is 3.46. The van der Waals surface area contributed by atoms with E-state index in [1.54, 1.807) is 0 Å². The van der Waals surface area contributed by atoms with Crippen LogP contribution in [0.25, 0.3) is 4.85 Å². The maximum atomic E-state index is 11.1. The van der Waals surface area contributed by atoms with E-state index < -0.39 is 5.97 Å². The van der Waals surface area contributed by atoms with Gasteiger partial charge < -0.3 is 9.84 Å². The first-order chi connectivity index (χ1) is 7.76. The van der Waals surface area contributed by atoms with E-state index in [9.17, 15) is 4.79 Å². The van der Waals surface area contributed by atoms with E-state index >= 15 is 0 Å². The summed E-state index contributed by atoms with van der Waals surface area (Å²) in [5.41, 5.74) is -0.369. The molecule has 0 atom stereocenters. The zero-order valence-corrected chi connectivity index (χ0v) is 9.74. The van der Waals surface area contributed by atoms with E-state index in [0.29, 0.717) is 12.9 Å². The molecule has 0 unspecified atom stereocenters. The molecule has 0 aliphatic heterocycles. The summed E-state index contributed by atoms with van der Waals surface area (Å²) in [6.45, 7) is 9.06. The smallest absolute Gasteiger partial charge is 0.339 e. The number of esters is 1. The molecule has 0 aliphatic rings. The minimum Gasteiger partial charge on any atom is -0.526 e. The van der Waals surface area contributed by atoms with Gasteiger partial charge in [-0.05, 0) is 6.42 Å². The summed E-state index contributed by atoms with van der Waals surface area (Å²) in [6.07, 6.45) is 7.15. The van der Waals surface area contributed by atoms with Gasteiger partial charge in [-0.3, -0.25) is 4.79 Å². The number of carbonyl (C=O) groups excluding carboxylic acids is 1. The van der Waals surface area contributed by atoms with Crippen LogP contribution in [0.4, 0.5) is 0 Å². The molecule has 0 radical (unpaired) electrons. The molecule has 4 nitrogen and oxygen atoms in total. The number of rotatable bonds is 8. The molecule has 0 rings (SSSR count). The molecule has 0 aromatic heterocycles. The number of unbranched alkanes of at least 4 members (excludes halogenated alkanes) is 5. The van der Waals surface area contributed by atoms with Crippen LogP contribution in [0, 0.1) is 6.57 Å². The number of carbonyl (C=O) groups is 1. The Bertz CT molecular complexity index is 266. The lowest BCUT2D eigenvalue weighted by Gasteiger charge is -2.03. The van der Waals surface area contributed by atoms with Gasteiger partial charge in [0.25, 0.3) is 0 Å². The predicted molar refractivity (Wildman–Crippen MR) is 61.6 cm³/mol. The molecule has 0 spiro atoms. The van der Waals surface area contributed by atoms with Crippen molar-refractivity contribution in [3.8, 4) is 0 Å². The first-order valence-corrected chi connectivity index (χ1v) is 5.65. The highest BCUT2D eigenvalue weighted by Crippen LogP contribution is 2.06. The molecule has 0 saturated carbocycles. The second kappa shape index (κ2) is 10.0. The number of hydrogen-bond acceptors (Lipinski definition) is 3. The molecule has 0 saturated heterocycles. The third-order valence-electron chi connectivity index (χ3n) is 2.18. The van der Waals surface area contributed by atoms with E-state index in [0.717, 1.165) is 19.3 Å². The largest absolute Gasteiger partial charge is 0.526 e. The number of hydrogen-bond donors (Lipinski definition) is 1. The van der Waals surface area contributed by atoms with Gasteiger partial charge in [0.2, 0.25) is 0 Å². The van der Waals surface area contributed by atoms with Crippen LogP contribution in [-0.4, -0.2) is 17.7 Å². The van der Waals surface area contributed by atoms with Crippen molar-refractivity contribution < 1.29 is 14.6 Å². The van der Waals surface area contributed by atoms with Gasteiger partial charge >= 0.3 is 11.7 Å². The topological polar surface area (TPSA) is 50.9 Å². The summed E-state index contributed by atoms with van der Waals surface area (Å²) in [7, 11) is 0. The fourth-order valence-corrected chi connectivity index (χ4v) is 1.25. The fourth-order valence-electron chi connectivity index (χ4n) is 1.25. The van der Waals surface area contributed by atoms with Gasteiger partial charge in [0.1, 0.15) is 0 Å². The van der Waals surface area contributed by atoms with Crippen LogP contribution in [0.1, 0.15) is 45.4 Å². The second-order valence-electron chi connectivity index (χ2n) is 3.53. The molecular weight excluding hydrogens is 206 g/mol. The molecule has 0 amide bonds. The normalized spacial score (nSPS) is 10.9. The highest BCUT2D eigenvalue weighted by molar-refractivity contribution is 5.89. The lowest BCUT2D eigenvalue weighted by atomic mass is 10.1. The molecule has 0 bridgehead atoms. The van der Waals surface area contributed by atoms with Crippen molar-refractivity contribution in [1.82, 2.24) is 0 Å². The number of ether oxygens (including phenoxy) is 1. The lowest BCUT2D eigenvalue weighted by molar-refractivity contribution is -0.138. The Labute approximate surface area is 96.7 Å². The summed E-state index contributed by atoms with van der Waals surface area (Å²) in [5.74, 6) is -0.744. The minimum atomic E-state index is -0.744. The van der Waals surface area contributed by atoms with Gasteiger partial charge in [0, 0.05) is 0 Å². The van der Waals surface area contributed by atoms with E-state index in [-0.39, 0.29) is 5.70 Å². The van der Waals surface area contributed by atoms with E-state index in [1.807, 2.05) is 0 Å². The lowest BCUT2D eigenvalue weighted by Crippen LogP contribution is -2.07. The molecule has 16 heavy (non-hydrogen) atoms. The quantitative estimate of drug-likeness (QED) is 0.227. The van der Waals surface area contributed by atoms with Gasteiger partial charge in [-0.1, -0.05) is 39.0 Å². The SMILES string of the molecule is [C-]#[N+]/C(=C/O)C(=O)OCCCCCCCC. The van der Waals surface area contributed by atoms with Crippen molar-refractivity contribution in [1.29, 1.82) is 0 Å². The van der Waals surface area contributed by atoms with Crippen LogP contribution >= 0.6 is 0 Å². The summed E-state index contributed by atoms with van der Waals surface area (Å²) < 4.78 is 4.81. The summed E-state index contributed by atoms with van der Waals surface area (Å²) >= 11 is 0. The molecule has 0 aliphatic carbocycles. The van der Waals surface area contributed by atoms with Crippen molar-refractivity contribution >= 4 is 5.97 Å². The molecule has 90 valence electrons. The Morgan fingerprint density at radius 2 is 1.94 bits per heavy atom. The zero-order valence-electron chi connectivity index (χ0n) is 9.74. The highest BCUT2D eigenvalue weighted by Gasteiger charge is 2.10. The Morgan fingerprint density at radius 3 is 2.50 bits per heavy atom. The number of nitrogens with zero attached hydrogens (tertiary/aromatic N) is 1. The molecule has 4 heteroatoms. The first-order valence-electron chi connectivity index (χ1n) is 5.65. The Kier molecular flexibility index (Phi) is 9.09. The Morgan fingerprint density at radius 1 is 1.31 bits per heavy atom. The second-order valence-corrected chi connectivity index (χ2v) is 3.53. The molecule has 1 N–H and O–H groups in total. The monoisotopic (exact) mass is 225 g/mol. The van der Waals surface area contributed by atoms with Crippen LogP contribution in [0.5, 0.6) is 0 Å². The molecule has 0 aromatic carbocycles. The third-order valence-corrected chi connectivity index (χ3v) is 2.18. The number of aliphatic hydroxyl groups is 1. The molecule has 0 heterocycles. The summed E-state index contributed by atoms with van der Waals surface area (Å²) in [4.78, 5) is 13.9. The van der Waals surface area contributed by atoms with Crippen molar-refractivity contribution in [2.75, 3.05) is 6.61 Å². The van der Waals surface area contributed by atoms with E-state index in [2.05, 4.69) is 11.8 Å². The summed E-state index contributed by atoms with van der Waals surface area (Å²) in [6, 6.07) is 0. The van der Waals surface area contributed by atoms with Gasteiger partial charge in [-0.2, -0.15) is 0 Å². The number of aliphatic hydroxyl groups excluding tert-OH is 1. The van der Waals surface area contributed by atoms with Crippen LogP contribution in [-0.2, 0) is 9.53 Å². The van der Waals surface area contributed by atoms with Crippen molar-refractivity contribution in [3.63, 3.8) is 0 Å². The molecule has 0 aromatic rings. The first kappa shape index (κ1) is 14.5. The van der Waals surface area contributed by atoms with Gasteiger partial charge in [-0.15, -0.1) is 0 Å².